The molecule has 0 radical (unpaired) electrons. The van der Waals surface area contributed by atoms with Gasteiger partial charge in [-0.3, -0.25) is 13.8 Å². The number of benzene rings is 1. The van der Waals surface area contributed by atoms with Gasteiger partial charge in [0.25, 0.3) is 5.91 Å². The number of rotatable bonds is 6. The Bertz CT molecular complexity index is 1280. The number of carbonyl (C=O) groups is 1. The van der Waals surface area contributed by atoms with Crippen molar-refractivity contribution in [1.82, 2.24) is 9.88 Å². The fraction of sp³-hybridized carbons (Fsp3) is 0.304. The first-order chi connectivity index (χ1) is 15.4. The largest absolute Gasteiger partial charge is 0.416 e. The first kappa shape index (κ1) is 24.9. The Labute approximate surface area is 195 Å². The van der Waals surface area contributed by atoms with E-state index < -0.39 is 33.9 Å². The predicted molar refractivity (Wildman–Crippen MR) is 124 cm³/mol. The van der Waals surface area contributed by atoms with Crippen LogP contribution in [0.4, 0.5) is 13.2 Å². The average Bonchev–Trinajstić information content (AvgIpc) is 3.21. The molecule has 1 aromatic carbocycles. The monoisotopic (exact) mass is 496 g/mol. The van der Waals surface area contributed by atoms with Crippen molar-refractivity contribution in [3.63, 3.8) is 0 Å². The van der Waals surface area contributed by atoms with Gasteiger partial charge in [0, 0.05) is 34.6 Å². The number of alkyl halides is 3. The smallest absolute Gasteiger partial charge is 0.348 e. The van der Waals surface area contributed by atoms with Crippen LogP contribution in [0, 0.1) is 6.92 Å². The number of carbonyl (C=O) groups excluding carboxylic acids is 1. The normalized spacial score (nSPS) is 12.7. The molecule has 0 saturated heterocycles. The number of pyridine rings is 1. The highest BCUT2D eigenvalue weighted by molar-refractivity contribution is 7.86. The lowest BCUT2D eigenvalue weighted by Crippen LogP contribution is -2.31. The van der Waals surface area contributed by atoms with Gasteiger partial charge in [0.15, 0.2) is 0 Å². The predicted octanol–water partition coefficient (Wildman–Crippen LogP) is 5.15. The van der Waals surface area contributed by atoms with Crippen LogP contribution >= 0.6 is 11.3 Å². The summed E-state index contributed by atoms with van der Waals surface area (Å²) >= 11 is 1.29. The van der Waals surface area contributed by atoms with Gasteiger partial charge in [-0.15, -0.1) is 11.3 Å². The molecule has 0 aliphatic rings. The van der Waals surface area contributed by atoms with Crippen molar-refractivity contribution < 1.29 is 22.2 Å². The number of amides is 1. The summed E-state index contributed by atoms with van der Waals surface area (Å²) in [6, 6.07) is 7.87. The van der Waals surface area contributed by atoms with E-state index in [-0.39, 0.29) is 29.3 Å². The fourth-order valence-corrected chi connectivity index (χ4v) is 5.21. The standard InChI is InChI=1S/C23H23F3N2O3S2/c1-13(2)28-12-18(22(30)27-11-17-8-9-19(32-17)33(4)31)21(29)20(14(28)3)15-6-5-7-16(10-15)23(24,25)26/h5-10,12-13H,11H2,1-4H3,(H,27,30). The molecule has 0 saturated carbocycles. The SMILES string of the molecule is Cc1c(-c2cccc(C(F)(F)F)c2)c(=O)c(C(=O)NCc2ccc(S(C)=O)s2)cn1C(C)C. The van der Waals surface area contributed by atoms with Crippen LogP contribution in [0.25, 0.3) is 11.1 Å². The van der Waals surface area contributed by atoms with Crippen molar-refractivity contribution in [3.05, 3.63) is 74.5 Å². The van der Waals surface area contributed by atoms with Gasteiger partial charge in [-0.2, -0.15) is 13.2 Å². The number of nitrogens with zero attached hydrogens (tertiary/aromatic N) is 1. The molecule has 33 heavy (non-hydrogen) atoms. The minimum atomic E-state index is -4.56. The minimum Gasteiger partial charge on any atom is -0.348 e. The molecule has 1 amide bonds. The Morgan fingerprint density at radius 3 is 2.48 bits per heavy atom. The third-order valence-electron chi connectivity index (χ3n) is 5.11. The second-order valence-electron chi connectivity index (χ2n) is 7.77. The van der Waals surface area contributed by atoms with Crippen LogP contribution in [-0.2, 0) is 23.5 Å². The highest BCUT2D eigenvalue weighted by Gasteiger charge is 2.31. The van der Waals surface area contributed by atoms with E-state index in [2.05, 4.69) is 5.32 Å². The number of hydrogen-bond acceptors (Lipinski definition) is 4. The summed E-state index contributed by atoms with van der Waals surface area (Å²) in [6.45, 7) is 5.49. The van der Waals surface area contributed by atoms with Crippen molar-refractivity contribution in [3.8, 4) is 11.1 Å². The second-order valence-corrected chi connectivity index (χ2v) is 10.5. The molecule has 0 aliphatic heterocycles. The van der Waals surface area contributed by atoms with E-state index in [9.17, 15) is 27.0 Å². The molecule has 0 bridgehead atoms. The zero-order chi connectivity index (χ0) is 24.5. The molecule has 0 aliphatic carbocycles. The number of thiophene rings is 1. The zero-order valence-corrected chi connectivity index (χ0v) is 20.1. The van der Waals surface area contributed by atoms with Crippen molar-refractivity contribution in [2.24, 2.45) is 0 Å². The number of aromatic nitrogens is 1. The first-order valence-corrected chi connectivity index (χ1v) is 12.4. The third-order valence-corrected chi connectivity index (χ3v) is 7.65. The lowest BCUT2D eigenvalue weighted by atomic mass is 9.98. The maximum absolute atomic E-state index is 13.3. The Morgan fingerprint density at radius 2 is 1.91 bits per heavy atom. The van der Waals surface area contributed by atoms with Crippen LogP contribution in [0.1, 0.15) is 46.4 Å². The Hall–Kier alpha value is -2.72. The summed E-state index contributed by atoms with van der Waals surface area (Å²) < 4.78 is 53.7. The highest BCUT2D eigenvalue weighted by Crippen LogP contribution is 2.32. The van der Waals surface area contributed by atoms with Crippen molar-refractivity contribution in [2.75, 3.05) is 6.26 Å². The minimum absolute atomic E-state index is 0.0576. The van der Waals surface area contributed by atoms with Crippen LogP contribution < -0.4 is 10.7 Å². The molecule has 1 unspecified atom stereocenters. The summed E-state index contributed by atoms with van der Waals surface area (Å²) in [5.74, 6) is -0.629. The van der Waals surface area contributed by atoms with Gasteiger partial charge in [-0.05, 0) is 50.6 Å². The maximum Gasteiger partial charge on any atom is 0.416 e. The molecular weight excluding hydrogens is 473 g/mol. The molecular formula is C23H23F3N2O3S2. The molecule has 2 heterocycles. The van der Waals surface area contributed by atoms with Crippen LogP contribution in [0.2, 0.25) is 0 Å². The fourth-order valence-electron chi connectivity index (χ4n) is 3.48. The van der Waals surface area contributed by atoms with Gasteiger partial charge < -0.3 is 9.88 Å². The van der Waals surface area contributed by atoms with E-state index in [4.69, 9.17) is 0 Å². The number of hydrogen-bond donors (Lipinski definition) is 1. The summed E-state index contributed by atoms with van der Waals surface area (Å²) in [5.41, 5.74) is -1.03. The lowest BCUT2D eigenvalue weighted by Gasteiger charge is -2.20. The Balaban J connectivity index is 2.04. The molecule has 10 heteroatoms. The molecule has 2 aromatic heterocycles. The molecule has 0 fully saturated rings. The topological polar surface area (TPSA) is 68.2 Å². The van der Waals surface area contributed by atoms with Crippen LogP contribution in [0.5, 0.6) is 0 Å². The summed E-state index contributed by atoms with van der Waals surface area (Å²) in [4.78, 5) is 27.0. The number of nitrogens with one attached hydrogen (secondary N) is 1. The molecule has 1 atom stereocenters. The third kappa shape index (κ3) is 5.44. The molecule has 3 rings (SSSR count). The van der Waals surface area contributed by atoms with Gasteiger partial charge in [0.05, 0.1) is 27.1 Å². The van der Waals surface area contributed by atoms with E-state index in [1.165, 1.54) is 29.7 Å². The van der Waals surface area contributed by atoms with Gasteiger partial charge in [0.1, 0.15) is 5.56 Å². The second kappa shape index (κ2) is 9.64. The first-order valence-electron chi connectivity index (χ1n) is 10.0. The van der Waals surface area contributed by atoms with Crippen molar-refractivity contribution in [1.29, 1.82) is 0 Å². The summed E-state index contributed by atoms with van der Waals surface area (Å²) in [7, 11) is -1.13. The van der Waals surface area contributed by atoms with Gasteiger partial charge in [-0.1, -0.05) is 12.1 Å². The van der Waals surface area contributed by atoms with Crippen molar-refractivity contribution >= 4 is 28.0 Å². The van der Waals surface area contributed by atoms with Crippen LogP contribution in [0.15, 0.2) is 51.6 Å². The average molecular weight is 497 g/mol. The Kier molecular flexibility index (Phi) is 7.28. The molecule has 0 spiro atoms. The van der Waals surface area contributed by atoms with E-state index >= 15 is 0 Å². The molecule has 5 nitrogen and oxygen atoms in total. The van der Waals surface area contributed by atoms with E-state index in [0.717, 1.165) is 17.0 Å². The quantitative estimate of drug-likeness (QED) is 0.513. The summed E-state index contributed by atoms with van der Waals surface area (Å²) in [6.07, 6.45) is -1.56. The van der Waals surface area contributed by atoms with Crippen LogP contribution in [-0.4, -0.2) is 20.9 Å². The van der Waals surface area contributed by atoms with E-state index in [1.807, 2.05) is 13.8 Å². The van der Waals surface area contributed by atoms with E-state index in [0.29, 0.717) is 9.90 Å². The number of halogens is 3. The Morgan fingerprint density at radius 1 is 1.21 bits per heavy atom. The maximum atomic E-state index is 13.3. The van der Waals surface area contributed by atoms with Crippen LogP contribution in [0.3, 0.4) is 0 Å². The molecule has 176 valence electrons. The summed E-state index contributed by atoms with van der Waals surface area (Å²) in [5, 5.41) is 2.69. The van der Waals surface area contributed by atoms with E-state index in [1.54, 1.807) is 29.9 Å². The highest BCUT2D eigenvalue weighted by atomic mass is 32.2. The van der Waals surface area contributed by atoms with Crippen molar-refractivity contribution in [2.45, 2.75) is 43.7 Å². The molecule has 3 aromatic rings. The zero-order valence-electron chi connectivity index (χ0n) is 18.4. The molecule has 1 N–H and O–H groups in total. The lowest BCUT2D eigenvalue weighted by molar-refractivity contribution is -0.137. The van der Waals surface area contributed by atoms with Gasteiger partial charge in [0.2, 0.25) is 5.43 Å². The van der Waals surface area contributed by atoms with Gasteiger partial charge in [-0.25, -0.2) is 0 Å². The van der Waals surface area contributed by atoms with Gasteiger partial charge >= 0.3 is 6.18 Å².